The van der Waals surface area contributed by atoms with Crippen LogP contribution in [0.3, 0.4) is 0 Å². The van der Waals surface area contributed by atoms with Crippen molar-refractivity contribution in [2.45, 2.75) is 39.2 Å². The van der Waals surface area contributed by atoms with Crippen molar-refractivity contribution in [3.63, 3.8) is 0 Å². The molecule has 2 N–H and O–H groups in total. The van der Waals surface area contributed by atoms with Gasteiger partial charge in [0.1, 0.15) is 0 Å². The lowest BCUT2D eigenvalue weighted by Gasteiger charge is -2.20. The zero-order valence-corrected chi connectivity index (χ0v) is 9.92. The second-order valence-electron chi connectivity index (χ2n) is 3.88. The Morgan fingerprint density at radius 2 is 2.00 bits per heavy atom. The summed E-state index contributed by atoms with van der Waals surface area (Å²) in [6, 6.07) is 0.268. The van der Waals surface area contributed by atoms with E-state index in [1.165, 1.54) is 19.4 Å². The van der Waals surface area contributed by atoms with Crippen LogP contribution in [0.5, 0.6) is 0 Å². The Labute approximate surface area is 88.5 Å². The number of nitrogens with one attached hydrogen (secondary N) is 1. The summed E-state index contributed by atoms with van der Waals surface area (Å²) in [5.74, 6) is 0. The Hall–Kier alpha value is -0.120. The number of likely N-dealkylation sites (N-methyl/N-ethyl adjacent to an activating group) is 1. The standard InChI is InChI=1S/C11H26N2O/c1-4-6-8-13(3)9-7-11(10-14)12-5-2/h11-12,14H,4-10H2,1-3H3. The Kier molecular flexibility index (Phi) is 9.35. The molecule has 0 aromatic rings. The van der Waals surface area contributed by atoms with Crippen LogP contribution in [0.1, 0.15) is 33.1 Å². The molecule has 3 nitrogen and oxygen atoms in total. The average Bonchev–Trinajstić information content (AvgIpc) is 2.21. The summed E-state index contributed by atoms with van der Waals surface area (Å²) in [5, 5.41) is 12.3. The van der Waals surface area contributed by atoms with Gasteiger partial charge in [0.2, 0.25) is 0 Å². The lowest BCUT2D eigenvalue weighted by atomic mass is 10.2. The second-order valence-corrected chi connectivity index (χ2v) is 3.88. The first-order valence-corrected chi connectivity index (χ1v) is 5.77. The van der Waals surface area contributed by atoms with Gasteiger partial charge >= 0.3 is 0 Å². The summed E-state index contributed by atoms with van der Waals surface area (Å²) in [5.41, 5.74) is 0. The molecule has 14 heavy (non-hydrogen) atoms. The monoisotopic (exact) mass is 202 g/mol. The van der Waals surface area contributed by atoms with E-state index in [0.29, 0.717) is 0 Å². The third-order valence-corrected chi connectivity index (χ3v) is 2.47. The largest absolute Gasteiger partial charge is 0.395 e. The quantitative estimate of drug-likeness (QED) is 0.587. The van der Waals surface area contributed by atoms with Crippen molar-refractivity contribution in [2.75, 3.05) is 33.3 Å². The first kappa shape index (κ1) is 13.9. The molecule has 0 saturated carbocycles. The van der Waals surface area contributed by atoms with Gasteiger partial charge in [0, 0.05) is 6.04 Å². The normalized spacial score (nSPS) is 13.5. The van der Waals surface area contributed by atoms with Crippen LogP contribution < -0.4 is 5.32 Å². The first-order valence-electron chi connectivity index (χ1n) is 5.77. The van der Waals surface area contributed by atoms with Crippen LogP contribution in [0.15, 0.2) is 0 Å². The fourth-order valence-corrected chi connectivity index (χ4v) is 1.46. The molecule has 0 radical (unpaired) electrons. The number of aliphatic hydroxyl groups is 1. The average molecular weight is 202 g/mol. The summed E-state index contributed by atoms with van der Waals surface area (Å²) >= 11 is 0. The molecule has 1 atom stereocenters. The molecular weight excluding hydrogens is 176 g/mol. The van der Waals surface area contributed by atoms with E-state index in [1.54, 1.807) is 0 Å². The zero-order valence-electron chi connectivity index (χ0n) is 9.92. The van der Waals surface area contributed by atoms with E-state index in [0.717, 1.165) is 19.5 Å². The van der Waals surface area contributed by atoms with Crippen LogP contribution in [0, 0.1) is 0 Å². The molecule has 0 aliphatic heterocycles. The lowest BCUT2D eigenvalue weighted by Crippen LogP contribution is -2.35. The highest BCUT2D eigenvalue weighted by Gasteiger charge is 2.06. The number of hydrogen-bond acceptors (Lipinski definition) is 3. The van der Waals surface area contributed by atoms with Crippen molar-refractivity contribution < 1.29 is 5.11 Å². The van der Waals surface area contributed by atoms with Crippen molar-refractivity contribution >= 4 is 0 Å². The smallest absolute Gasteiger partial charge is 0.0585 e. The van der Waals surface area contributed by atoms with E-state index in [1.807, 2.05) is 0 Å². The highest BCUT2D eigenvalue weighted by molar-refractivity contribution is 4.66. The lowest BCUT2D eigenvalue weighted by molar-refractivity contribution is 0.218. The van der Waals surface area contributed by atoms with E-state index in [9.17, 15) is 0 Å². The highest BCUT2D eigenvalue weighted by Crippen LogP contribution is 1.96. The van der Waals surface area contributed by atoms with Gasteiger partial charge < -0.3 is 15.3 Å². The van der Waals surface area contributed by atoms with Gasteiger partial charge in [-0.2, -0.15) is 0 Å². The van der Waals surface area contributed by atoms with Gasteiger partial charge in [0.25, 0.3) is 0 Å². The fourth-order valence-electron chi connectivity index (χ4n) is 1.46. The number of rotatable bonds is 9. The van der Waals surface area contributed by atoms with E-state index in [-0.39, 0.29) is 12.6 Å². The summed E-state index contributed by atoms with van der Waals surface area (Å²) in [7, 11) is 2.15. The summed E-state index contributed by atoms with van der Waals surface area (Å²) < 4.78 is 0. The van der Waals surface area contributed by atoms with Gasteiger partial charge in [0.05, 0.1) is 6.61 Å². The van der Waals surface area contributed by atoms with Crippen molar-refractivity contribution in [1.29, 1.82) is 0 Å². The second kappa shape index (κ2) is 9.44. The molecule has 0 amide bonds. The molecule has 0 spiro atoms. The molecule has 0 aromatic carbocycles. The predicted molar refractivity (Wildman–Crippen MR) is 61.6 cm³/mol. The van der Waals surface area contributed by atoms with Gasteiger partial charge in [-0.15, -0.1) is 0 Å². The minimum absolute atomic E-state index is 0.245. The molecule has 0 aliphatic rings. The van der Waals surface area contributed by atoms with Gasteiger partial charge in [-0.3, -0.25) is 0 Å². The topological polar surface area (TPSA) is 35.5 Å². The molecule has 0 fully saturated rings. The van der Waals surface area contributed by atoms with E-state index in [2.05, 4.69) is 31.1 Å². The van der Waals surface area contributed by atoms with Gasteiger partial charge in [-0.05, 0) is 39.5 Å². The van der Waals surface area contributed by atoms with Crippen molar-refractivity contribution in [3.05, 3.63) is 0 Å². The van der Waals surface area contributed by atoms with Crippen LogP contribution in [0.2, 0.25) is 0 Å². The molecule has 0 aromatic heterocycles. The molecule has 0 saturated heterocycles. The fraction of sp³-hybridized carbons (Fsp3) is 1.00. The van der Waals surface area contributed by atoms with Crippen molar-refractivity contribution in [2.24, 2.45) is 0 Å². The van der Waals surface area contributed by atoms with E-state index < -0.39 is 0 Å². The third-order valence-electron chi connectivity index (χ3n) is 2.47. The van der Waals surface area contributed by atoms with Crippen LogP contribution in [0.25, 0.3) is 0 Å². The Bertz CT molecular complexity index is 120. The van der Waals surface area contributed by atoms with Crippen LogP contribution >= 0.6 is 0 Å². The van der Waals surface area contributed by atoms with Gasteiger partial charge in [-0.1, -0.05) is 20.3 Å². The highest BCUT2D eigenvalue weighted by atomic mass is 16.3. The van der Waals surface area contributed by atoms with Crippen LogP contribution in [0.4, 0.5) is 0 Å². The SMILES string of the molecule is CCCCN(C)CCC(CO)NCC. The molecule has 0 heterocycles. The predicted octanol–water partition coefficient (Wildman–Crippen LogP) is 1.08. The molecule has 0 rings (SSSR count). The van der Waals surface area contributed by atoms with Crippen LogP contribution in [-0.2, 0) is 0 Å². The molecule has 86 valence electrons. The minimum Gasteiger partial charge on any atom is -0.395 e. The molecule has 1 unspecified atom stereocenters. The third kappa shape index (κ3) is 7.30. The minimum atomic E-state index is 0.245. The summed E-state index contributed by atoms with van der Waals surface area (Å²) in [6.07, 6.45) is 3.55. The Morgan fingerprint density at radius 3 is 2.50 bits per heavy atom. The van der Waals surface area contributed by atoms with E-state index >= 15 is 0 Å². The Balaban J connectivity index is 3.46. The van der Waals surface area contributed by atoms with E-state index in [4.69, 9.17) is 5.11 Å². The number of nitrogens with zero attached hydrogens (tertiary/aromatic N) is 1. The number of hydrogen-bond donors (Lipinski definition) is 2. The molecule has 0 aliphatic carbocycles. The van der Waals surface area contributed by atoms with Crippen molar-refractivity contribution in [3.8, 4) is 0 Å². The maximum Gasteiger partial charge on any atom is 0.0585 e. The van der Waals surface area contributed by atoms with Gasteiger partial charge in [-0.25, -0.2) is 0 Å². The maximum atomic E-state index is 9.07. The molecule has 0 bridgehead atoms. The number of unbranched alkanes of at least 4 members (excludes halogenated alkanes) is 1. The van der Waals surface area contributed by atoms with Crippen molar-refractivity contribution in [1.82, 2.24) is 10.2 Å². The maximum absolute atomic E-state index is 9.07. The van der Waals surface area contributed by atoms with Gasteiger partial charge in [0.15, 0.2) is 0 Å². The molecular formula is C11H26N2O. The molecule has 3 heteroatoms. The summed E-state index contributed by atoms with van der Waals surface area (Å²) in [6.45, 7) is 7.70. The first-order chi connectivity index (χ1) is 6.74. The Morgan fingerprint density at radius 1 is 1.29 bits per heavy atom. The van der Waals surface area contributed by atoms with Crippen LogP contribution in [-0.4, -0.2) is 49.3 Å². The zero-order chi connectivity index (χ0) is 10.8. The summed E-state index contributed by atoms with van der Waals surface area (Å²) in [4.78, 5) is 2.34. The number of aliphatic hydroxyl groups excluding tert-OH is 1.